The van der Waals surface area contributed by atoms with E-state index in [0.29, 0.717) is 17.2 Å². The van der Waals surface area contributed by atoms with Crippen LogP contribution in [0.25, 0.3) is 22.0 Å². The zero-order chi connectivity index (χ0) is 20.5. The molecule has 3 aromatic heterocycles. The van der Waals surface area contributed by atoms with Crippen LogP contribution in [0, 0.1) is 6.92 Å². The smallest absolute Gasteiger partial charge is 0.276 e. The zero-order valence-corrected chi connectivity index (χ0v) is 16.6. The molecule has 1 fully saturated rings. The third-order valence-corrected chi connectivity index (χ3v) is 5.35. The Bertz CT molecular complexity index is 1210. The molecule has 0 spiro atoms. The molecule has 0 radical (unpaired) electrons. The van der Waals surface area contributed by atoms with Gasteiger partial charge in [0.05, 0.1) is 35.5 Å². The van der Waals surface area contributed by atoms with Crippen LogP contribution in [0.3, 0.4) is 0 Å². The number of hydrogen-bond donors (Lipinski definition) is 2. The summed E-state index contributed by atoms with van der Waals surface area (Å²) in [6, 6.07) is 8.08. The van der Waals surface area contributed by atoms with Crippen LogP contribution >= 0.6 is 0 Å². The van der Waals surface area contributed by atoms with Gasteiger partial charge in [-0.3, -0.25) is 14.9 Å². The number of nitrogens with one attached hydrogen (secondary N) is 2. The Morgan fingerprint density at radius 1 is 1.03 bits per heavy atom. The first-order valence-corrected chi connectivity index (χ1v) is 9.96. The monoisotopic (exact) mass is 399 g/mol. The summed E-state index contributed by atoms with van der Waals surface area (Å²) in [4.78, 5) is 27.8. The fraction of sp³-hybridized carbons (Fsp3) is 0.227. The van der Waals surface area contributed by atoms with E-state index in [1.165, 1.54) is 12.8 Å². The molecule has 0 bridgehead atoms. The van der Waals surface area contributed by atoms with E-state index in [-0.39, 0.29) is 5.91 Å². The number of benzene rings is 1. The summed E-state index contributed by atoms with van der Waals surface area (Å²) >= 11 is 0. The molecule has 5 rings (SSSR count). The molecule has 0 aliphatic carbocycles. The Hall–Kier alpha value is -3.81. The van der Waals surface area contributed by atoms with Crippen LogP contribution in [-0.4, -0.2) is 44.1 Å². The fourth-order valence-corrected chi connectivity index (χ4v) is 3.75. The van der Waals surface area contributed by atoms with Crippen LogP contribution in [0.15, 0.2) is 49.1 Å². The van der Waals surface area contributed by atoms with Crippen molar-refractivity contribution in [2.45, 2.75) is 19.8 Å². The van der Waals surface area contributed by atoms with Crippen molar-refractivity contribution >= 4 is 28.2 Å². The number of anilines is 2. The minimum Gasteiger partial charge on any atom is -0.370 e. The molecule has 150 valence electrons. The maximum atomic E-state index is 12.8. The lowest BCUT2D eigenvalue weighted by Gasteiger charge is -2.17. The summed E-state index contributed by atoms with van der Waals surface area (Å²) in [6.45, 7) is 3.93. The number of pyridine rings is 1. The van der Waals surface area contributed by atoms with Gasteiger partial charge in [-0.15, -0.1) is 0 Å². The van der Waals surface area contributed by atoms with E-state index in [2.05, 4.69) is 41.4 Å². The average molecular weight is 399 g/mol. The van der Waals surface area contributed by atoms with Gasteiger partial charge in [0.2, 0.25) is 0 Å². The lowest BCUT2D eigenvalue weighted by Crippen LogP contribution is -2.17. The standard InChI is InChI=1S/C22H21N7O/c1-14-24-11-17(12-25-14)26-22(30)21-19-9-15(4-5-20(19)27-28-21)16-8-18(13-23-10-16)29-6-2-3-7-29/h4-5,8-13H,2-3,6-7H2,1H3,(H,26,30)(H,27,28). The Balaban J connectivity index is 1.46. The topological polar surface area (TPSA) is 99.7 Å². The van der Waals surface area contributed by atoms with E-state index < -0.39 is 0 Å². The number of rotatable bonds is 4. The highest BCUT2D eigenvalue weighted by Crippen LogP contribution is 2.29. The van der Waals surface area contributed by atoms with Gasteiger partial charge in [0.25, 0.3) is 5.91 Å². The molecule has 1 aliphatic rings. The molecule has 8 nitrogen and oxygen atoms in total. The van der Waals surface area contributed by atoms with E-state index in [9.17, 15) is 4.79 Å². The van der Waals surface area contributed by atoms with E-state index in [1.807, 2.05) is 30.6 Å². The van der Waals surface area contributed by atoms with Crippen LogP contribution in [0.2, 0.25) is 0 Å². The molecule has 1 amide bonds. The van der Waals surface area contributed by atoms with E-state index in [1.54, 1.807) is 19.3 Å². The second-order valence-corrected chi connectivity index (χ2v) is 7.43. The highest BCUT2D eigenvalue weighted by molar-refractivity contribution is 6.11. The number of aromatic amines is 1. The molecule has 0 unspecified atom stereocenters. The number of carbonyl (C=O) groups excluding carboxylic acids is 1. The second-order valence-electron chi connectivity index (χ2n) is 7.43. The van der Waals surface area contributed by atoms with Crippen molar-refractivity contribution in [2.24, 2.45) is 0 Å². The largest absolute Gasteiger partial charge is 0.370 e. The van der Waals surface area contributed by atoms with Crippen LogP contribution in [-0.2, 0) is 0 Å². The molecule has 0 saturated carbocycles. The van der Waals surface area contributed by atoms with E-state index >= 15 is 0 Å². The summed E-state index contributed by atoms with van der Waals surface area (Å²) in [5.74, 6) is 0.336. The predicted octanol–water partition coefficient (Wildman–Crippen LogP) is 3.58. The van der Waals surface area contributed by atoms with Gasteiger partial charge >= 0.3 is 0 Å². The van der Waals surface area contributed by atoms with Gasteiger partial charge in [-0.05, 0) is 43.5 Å². The number of H-pyrrole nitrogens is 1. The lowest BCUT2D eigenvalue weighted by atomic mass is 10.0. The number of aryl methyl sites for hydroxylation is 1. The van der Waals surface area contributed by atoms with Crippen molar-refractivity contribution < 1.29 is 4.79 Å². The Morgan fingerprint density at radius 3 is 2.63 bits per heavy atom. The molecule has 2 N–H and O–H groups in total. The molecular weight excluding hydrogens is 378 g/mol. The molecule has 4 aromatic rings. The molecule has 8 heteroatoms. The van der Waals surface area contributed by atoms with Gasteiger partial charge < -0.3 is 10.2 Å². The van der Waals surface area contributed by atoms with Gasteiger partial charge in [0.15, 0.2) is 5.69 Å². The van der Waals surface area contributed by atoms with Crippen LogP contribution in [0.1, 0.15) is 29.2 Å². The van der Waals surface area contributed by atoms with Crippen LogP contribution in [0.4, 0.5) is 11.4 Å². The third-order valence-electron chi connectivity index (χ3n) is 5.35. The lowest BCUT2D eigenvalue weighted by molar-refractivity contribution is 0.102. The predicted molar refractivity (Wildman–Crippen MR) is 115 cm³/mol. The maximum Gasteiger partial charge on any atom is 0.276 e. The second kappa shape index (κ2) is 7.55. The first-order valence-electron chi connectivity index (χ1n) is 9.96. The Kier molecular flexibility index (Phi) is 4.59. The molecule has 4 heterocycles. The first-order chi connectivity index (χ1) is 14.7. The quantitative estimate of drug-likeness (QED) is 0.544. The number of aromatic nitrogens is 5. The molecule has 1 saturated heterocycles. The number of carbonyl (C=O) groups is 1. The van der Waals surface area contributed by atoms with Gasteiger partial charge in [0, 0.05) is 30.2 Å². The zero-order valence-electron chi connectivity index (χ0n) is 16.6. The third kappa shape index (κ3) is 3.47. The summed E-state index contributed by atoms with van der Waals surface area (Å²) in [6.07, 6.45) is 9.36. The van der Waals surface area contributed by atoms with Crippen molar-refractivity contribution in [3.63, 3.8) is 0 Å². The van der Waals surface area contributed by atoms with Gasteiger partial charge in [-0.2, -0.15) is 5.10 Å². The van der Waals surface area contributed by atoms with Crippen molar-refractivity contribution in [3.8, 4) is 11.1 Å². The number of nitrogens with zero attached hydrogens (tertiary/aromatic N) is 5. The van der Waals surface area contributed by atoms with Crippen molar-refractivity contribution in [1.29, 1.82) is 0 Å². The molecular formula is C22H21N7O. The summed E-state index contributed by atoms with van der Waals surface area (Å²) in [7, 11) is 0. The van der Waals surface area contributed by atoms with Crippen LogP contribution in [0.5, 0.6) is 0 Å². The normalized spacial score (nSPS) is 13.7. The van der Waals surface area contributed by atoms with Crippen molar-refractivity contribution in [3.05, 3.63) is 60.6 Å². The molecule has 30 heavy (non-hydrogen) atoms. The number of amides is 1. The van der Waals surface area contributed by atoms with Gasteiger partial charge in [-0.1, -0.05) is 6.07 Å². The van der Waals surface area contributed by atoms with Gasteiger partial charge in [-0.25, -0.2) is 9.97 Å². The fourth-order valence-electron chi connectivity index (χ4n) is 3.75. The summed E-state index contributed by atoms with van der Waals surface area (Å²) in [5.41, 5.74) is 4.80. The Morgan fingerprint density at radius 2 is 1.83 bits per heavy atom. The molecule has 0 atom stereocenters. The Labute approximate surface area is 173 Å². The minimum absolute atomic E-state index is 0.310. The van der Waals surface area contributed by atoms with Crippen molar-refractivity contribution in [2.75, 3.05) is 23.3 Å². The average Bonchev–Trinajstić information content (AvgIpc) is 3.45. The number of fused-ring (bicyclic) bond motifs is 1. The summed E-state index contributed by atoms with van der Waals surface area (Å²) in [5, 5.41) is 10.7. The summed E-state index contributed by atoms with van der Waals surface area (Å²) < 4.78 is 0. The molecule has 1 aliphatic heterocycles. The minimum atomic E-state index is -0.310. The molecule has 1 aromatic carbocycles. The first kappa shape index (κ1) is 18.2. The SMILES string of the molecule is Cc1ncc(NC(=O)c2n[nH]c3ccc(-c4cncc(N5CCCC5)c4)cc23)cn1. The van der Waals surface area contributed by atoms with E-state index in [0.717, 1.165) is 40.8 Å². The number of hydrogen-bond acceptors (Lipinski definition) is 6. The van der Waals surface area contributed by atoms with E-state index in [4.69, 9.17) is 0 Å². The van der Waals surface area contributed by atoms with Crippen molar-refractivity contribution in [1.82, 2.24) is 25.1 Å². The highest BCUT2D eigenvalue weighted by Gasteiger charge is 2.17. The highest BCUT2D eigenvalue weighted by atomic mass is 16.1. The van der Waals surface area contributed by atoms with Gasteiger partial charge in [0.1, 0.15) is 5.82 Å². The maximum absolute atomic E-state index is 12.8. The van der Waals surface area contributed by atoms with Crippen LogP contribution < -0.4 is 10.2 Å².